The van der Waals surface area contributed by atoms with Gasteiger partial charge in [0.1, 0.15) is 12.4 Å². The van der Waals surface area contributed by atoms with Gasteiger partial charge in [0.05, 0.1) is 0 Å². The molecule has 1 aromatic rings. The number of benzene rings is 1. The molecule has 0 N–H and O–H groups in total. The summed E-state index contributed by atoms with van der Waals surface area (Å²) in [6, 6.07) is 9.64. The Hall–Kier alpha value is -1.90. The molecule has 1 fully saturated rings. The van der Waals surface area contributed by atoms with E-state index in [9.17, 15) is 9.59 Å². The van der Waals surface area contributed by atoms with Gasteiger partial charge in [0.25, 0.3) is 0 Å². The number of ketones is 1. The van der Waals surface area contributed by atoms with Crippen molar-refractivity contribution in [3.63, 3.8) is 0 Å². The number of carbonyl (C=O) groups excluding carboxylic acids is 2. The monoisotopic (exact) mass is 286 g/mol. The van der Waals surface area contributed by atoms with Gasteiger partial charge in [-0.3, -0.25) is 9.59 Å². The molecule has 1 aliphatic rings. The van der Waals surface area contributed by atoms with Crippen molar-refractivity contribution >= 4 is 11.8 Å². The Labute approximate surface area is 126 Å². The minimum atomic E-state index is -0.205. The standard InChI is InChI=1S/C18H22O3/c1-2-3-9-15-10-17(19)11-16(15)12-18(20)21-13-14-7-5-4-6-8-14/h2-8,15-16H,9-13H2,1H3/b3-2-. The number of hydrogen-bond acceptors (Lipinski definition) is 3. The number of esters is 1. The summed E-state index contributed by atoms with van der Waals surface area (Å²) >= 11 is 0. The maximum atomic E-state index is 11.9. The van der Waals surface area contributed by atoms with Crippen molar-refractivity contribution in [2.45, 2.75) is 39.2 Å². The highest BCUT2D eigenvalue weighted by Gasteiger charge is 2.33. The molecule has 1 aromatic carbocycles. The van der Waals surface area contributed by atoms with E-state index in [2.05, 4.69) is 6.08 Å². The van der Waals surface area contributed by atoms with E-state index in [4.69, 9.17) is 4.74 Å². The van der Waals surface area contributed by atoms with Crippen molar-refractivity contribution in [1.29, 1.82) is 0 Å². The number of rotatable bonds is 6. The van der Waals surface area contributed by atoms with Crippen molar-refractivity contribution in [3.05, 3.63) is 48.0 Å². The lowest BCUT2D eigenvalue weighted by molar-refractivity contribution is -0.146. The molecule has 2 rings (SSSR count). The third-order valence-electron chi connectivity index (χ3n) is 3.99. The molecule has 0 heterocycles. The van der Waals surface area contributed by atoms with E-state index in [1.165, 1.54) is 0 Å². The van der Waals surface area contributed by atoms with Gasteiger partial charge in [0, 0.05) is 19.3 Å². The molecule has 3 heteroatoms. The Morgan fingerprint density at radius 1 is 1.24 bits per heavy atom. The van der Waals surface area contributed by atoms with E-state index < -0.39 is 0 Å². The molecule has 0 spiro atoms. The second kappa shape index (κ2) is 7.77. The summed E-state index contributed by atoms with van der Waals surface area (Å²) in [7, 11) is 0. The maximum Gasteiger partial charge on any atom is 0.306 e. The molecule has 0 radical (unpaired) electrons. The summed E-state index contributed by atoms with van der Waals surface area (Å²) in [4.78, 5) is 23.6. The molecule has 1 aliphatic carbocycles. The van der Waals surface area contributed by atoms with Crippen molar-refractivity contribution in [2.75, 3.05) is 0 Å². The van der Waals surface area contributed by atoms with Gasteiger partial charge in [-0.1, -0.05) is 42.5 Å². The van der Waals surface area contributed by atoms with Crippen molar-refractivity contribution < 1.29 is 14.3 Å². The van der Waals surface area contributed by atoms with Crippen LogP contribution >= 0.6 is 0 Å². The second-order valence-corrected chi connectivity index (χ2v) is 5.62. The van der Waals surface area contributed by atoms with E-state index >= 15 is 0 Å². The van der Waals surface area contributed by atoms with E-state index in [1.807, 2.05) is 43.3 Å². The first-order valence-corrected chi connectivity index (χ1v) is 7.51. The second-order valence-electron chi connectivity index (χ2n) is 5.62. The van der Waals surface area contributed by atoms with Crippen LogP contribution in [0.1, 0.15) is 38.2 Å². The van der Waals surface area contributed by atoms with E-state index in [0.29, 0.717) is 25.9 Å². The van der Waals surface area contributed by atoms with E-state index in [-0.39, 0.29) is 23.6 Å². The molecular weight excluding hydrogens is 264 g/mol. The summed E-state index contributed by atoms with van der Waals surface area (Å²) < 4.78 is 5.31. The summed E-state index contributed by atoms with van der Waals surface area (Å²) in [6.07, 6.45) is 6.41. The molecule has 21 heavy (non-hydrogen) atoms. The SMILES string of the molecule is C/C=C\CC1CC(=O)CC1CC(=O)OCc1ccccc1. The lowest BCUT2D eigenvalue weighted by Crippen LogP contribution is -2.15. The molecule has 0 aromatic heterocycles. The van der Waals surface area contributed by atoms with Gasteiger partial charge < -0.3 is 4.74 Å². The van der Waals surface area contributed by atoms with Gasteiger partial charge in [-0.2, -0.15) is 0 Å². The lowest BCUT2D eigenvalue weighted by atomic mass is 9.90. The number of Topliss-reactive ketones (excluding diaryl/α,β-unsaturated/α-hetero) is 1. The largest absolute Gasteiger partial charge is 0.461 e. The Morgan fingerprint density at radius 3 is 2.67 bits per heavy atom. The number of hydrogen-bond donors (Lipinski definition) is 0. The summed E-state index contributed by atoms with van der Waals surface area (Å²) in [5.41, 5.74) is 0.985. The summed E-state index contributed by atoms with van der Waals surface area (Å²) in [6.45, 7) is 2.28. The molecule has 0 saturated heterocycles. The van der Waals surface area contributed by atoms with Crippen LogP contribution in [0.25, 0.3) is 0 Å². The predicted molar refractivity (Wildman–Crippen MR) is 81.5 cm³/mol. The van der Waals surface area contributed by atoms with Crippen LogP contribution < -0.4 is 0 Å². The predicted octanol–water partition coefficient (Wildman–Crippen LogP) is 3.68. The van der Waals surface area contributed by atoms with Crippen LogP contribution in [-0.2, 0) is 20.9 Å². The van der Waals surface area contributed by atoms with Crippen LogP contribution in [0.4, 0.5) is 0 Å². The highest BCUT2D eigenvalue weighted by atomic mass is 16.5. The molecular formula is C18H22O3. The molecule has 112 valence electrons. The summed E-state index contributed by atoms with van der Waals surface area (Å²) in [5.74, 6) is 0.490. The van der Waals surface area contributed by atoms with Crippen molar-refractivity contribution in [2.24, 2.45) is 11.8 Å². The first kappa shape index (κ1) is 15.5. The minimum absolute atomic E-state index is 0.136. The Bertz CT molecular complexity index is 504. The smallest absolute Gasteiger partial charge is 0.306 e. The molecule has 1 saturated carbocycles. The minimum Gasteiger partial charge on any atom is -0.461 e. The van der Waals surface area contributed by atoms with Gasteiger partial charge in [0.15, 0.2) is 0 Å². The Morgan fingerprint density at radius 2 is 1.95 bits per heavy atom. The van der Waals surface area contributed by atoms with Gasteiger partial charge in [-0.25, -0.2) is 0 Å². The van der Waals surface area contributed by atoms with Gasteiger partial charge in [-0.15, -0.1) is 0 Å². The van der Waals surface area contributed by atoms with E-state index in [0.717, 1.165) is 12.0 Å². The zero-order valence-corrected chi connectivity index (χ0v) is 12.5. The van der Waals surface area contributed by atoms with Gasteiger partial charge >= 0.3 is 5.97 Å². The maximum absolute atomic E-state index is 11.9. The first-order chi connectivity index (χ1) is 10.2. The molecule has 0 bridgehead atoms. The van der Waals surface area contributed by atoms with Gasteiger partial charge in [-0.05, 0) is 30.7 Å². The highest BCUT2D eigenvalue weighted by molar-refractivity contribution is 5.82. The van der Waals surface area contributed by atoms with Crippen molar-refractivity contribution in [1.82, 2.24) is 0 Å². The third-order valence-corrected chi connectivity index (χ3v) is 3.99. The fourth-order valence-corrected chi connectivity index (χ4v) is 2.84. The molecule has 2 unspecified atom stereocenters. The lowest BCUT2D eigenvalue weighted by Gasteiger charge is -2.16. The average molecular weight is 286 g/mol. The van der Waals surface area contributed by atoms with Crippen LogP contribution in [0.5, 0.6) is 0 Å². The average Bonchev–Trinajstić information content (AvgIpc) is 2.83. The molecule has 0 amide bonds. The third kappa shape index (κ3) is 4.85. The Kier molecular flexibility index (Phi) is 5.73. The topological polar surface area (TPSA) is 43.4 Å². The zero-order valence-electron chi connectivity index (χ0n) is 12.5. The highest BCUT2D eigenvalue weighted by Crippen LogP contribution is 2.34. The van der Waals surface area contributed by atoms with Crippen LogP contribution in [0.15, 0.2) is 42.5 Å². The zero-order chi connectivity index (χ0) is 15.1. The summed E-state index contributed by atoms with van der Waals surface area (Å²) in [5, 5.41) is 0. The van der Waals surface area contributed by atoms with Gasteiger partial charge in [0.2, 0.25) is 0 Å². The molecule has 2 atom stereocenters. The normalized spacial score (nSPS) is 21.9. The van der Waals surface area contributed by atoms with E-state index in [1.54, 1.807) is 0 Å². The fourth-order valence-electron chi connectivity index (χ4n) is 2.84. The Balaban J connectivity index is 1.82. The number of carbonyl (C=O) groups is 2. The molecule has 0 aliphatic heterocycles. The van der Waals surface area contributed by atoms with Crippen LogP contribution in [0.3, 0.4) is 0 Å². The van der Waals surface area contributed by atoms with Crippen molar-refractivity contribution in [3.8, 4) is 0 Å². The quantitative estimate of drug-likeness (QED) is 0.592. The first-order valence-electron chi connectivity index (χ1n) is 7.51. The molecule has 3 nitrogen and oxygen atoms in total. The fraction of sp³-hybridized carbons (Fsp3) is 0.444. The van der Waals surface area contributed by atoms with Crippen LogP contribution in [-0.4, -0.2) is 11.8 Å². The number of allylic oxidation sites excluding steroid dienone is 2. The van der Waals surface area contributed by atoms with Crippen LogP contribution in [0, 0.1) is 11.8 Å². The number of ether oxygens (including phenoxy) is 1. The van der Waals surface area contributed by atoms with Crippen LogP contribution in [0.2, 0.25) is 0 Å².